The third-order valence-corrected chi connectivity index (χ3v) is 12.7. The van der Waals surface area contributed by atoms with Crippen LogP contribution >= 0.6 is 0 Å². The summed E-state index contributed by atoms with van der Waals surface area (Å²) in [7, 11) is -8.79. The minimum atomic E-state index is -4.39. The fourth-order valence-corrected chi connectivity index (χ4v) is 8.32. The van der Waals surface area contributed by atoms with E-state index in [1.165, 1.54) is 47.5 Å². The number of carbonyl (C=O) groups excluding carboxylic acids is 2. The van der Waals surface area contributed by atoms with Gasteiger partial charge in [-0.1, -0.05) is 59.7 Å². The number of anilines is 3. The molecule has 5 N–H and O–H groups in total. The van der Waals surface area contributed by atoms with E-state index in [0.29, 0.717) is 57.7 Å². The molecule has 2 amide bonds. The predicted molar refractivity (Wildman–Crippen MR) is 273 cm³/mol. The third-order valence-electron chi connectivity index (χ3n) is 11.0. The molecule has 19 nitrogen and oxygen atoms in total. The number of hydrogen-bond acceptors (Lipinski definition) is 13. The molecule has 0 radical (unpaired) electrons. The second-order valence-corrected chi connectivity index (χ2v) is 19.5. The molecule has 364 valence electrons. The number of benzene rings is 6. The normalized spacial score (nSPS) is 16.1. The van der Waals surface area contributed by atoms with E-state index in [-0.39, 0.29) is 39.3 Å². The fourth-order valence-electron chi connectivity index (χ4n) is 7.19. The van der Waals surface area contributed by atoms with Crippen molar-refractivity contribution >= 4 is 83.6 Å². The van der Waals surface area contributed by atoms with Gasteiger partial charge in [-0.2, -0.15) is 57.5 Å². The average molecular weight is 1020 g/mol. The summed E-state index contributed by atoms with van der Waals surface area (Å²) >= 11 is 0. The molecule has 0 saturated heterocycles. The predicted octanol–water partition coefficient (Wildman–Crippen LogP) is 6.50. The maximum atomic E-state index is 13.1. The van der Waals surface area contributed by atoms with Gasteiger partial charge in [-0.25, -0.2) is 4.99 Å². The number of aliphatic imine (C=N–C) groups is 1. The van der Waals surface area contributed by atoms with Gasteiger partial charge in [0.2, 0.25) is 0 Å². The summed E-state index contributed by atoms with van der Waals surface area (Å²) in [5.41, 5.74) is 15.5. The zero-order chi connectivity index (χ0) is 51.2. The van der Waals surface area contributed by atoms with Gasteiger partial charge in [0.25, 0.3) is 32.1 Å². The van der Waals surface area contributed by atoms with Gasteiger partial charge in [0.05, 0.1) is 49.7 Å². The van der Waals surface area contributed by atoms with Crippen molar-refractivity contribution in [2.45, 2.75) is 69.8 Å². The zero-order valence-electron chi connectivity index (χ0n) is 40.3. The number of nitrogens with one attached hydrogen (secondary N) is 1. The molecule has 22 heteroatoms. The van der Waals surface area contributed by atoms with E-state index in [1.807, 2.05) is 86.6 Å². The largest absolute Gasteiger partial charge is 1.00 e. The Balaban J connectivity index is 0.000000374. The van der Waals surface area contributed by atoms with Crippen molar-refractivity contribution in [3.8, 4) is 0 Å². The van der Waals surface area contributed by atoms with Crippen LogP contribution in [0.1, 0.15) is 47.2 Å². The summed E-state index contributed by atoms with van der Waals surface area (Å²) in [4.78, 5) is 30.0. The van der Waals surface area contributed by atoms with Crippen LogP contribution in [-0.4, -0.2) is 67.2 Å². The molecule has 2 aliphatic heterocycles. The summed E-state index contributed by atoms with van der Waals surface area (Å²) < 4.78 is 64.5. The van der Waals surface area contributed by atoms with E-state index in [4.69, 9.17) is 5.73 Å². The average Bonchev–Trinajstić information content (AvgIpc) is 3.77. The van der Waals surface area contributed by atoms with E-state index in [0.717, 1.165) is 32.5 Å². The molecule has 6 aromatic rings. The topological polar surface area (TPSA) is 274 Å². The van der Waals surface area contributed by atoms with Crippen LogP contribution in [0, 0.1) is 27.7 Å². The molecule has 0 fully saturated rings. The van der Waals surface area contributed by atoms with E-state index >= 15 is 0 Å². The first-order chi connectivity index (χ1) is 33.6. The Morgan fingerprint density at radius 2 is 0.944 bits per heavy atom. The summed E-state index contributed by atoms with van der Waals surface area (Å²) in [5, 5.41) is 30.9. The van der Waals surface area contributed by atoms with Crippen molar-refractivity contribution in [2.24, 2.45) is 41.4 Å². The Morgan fingerprint density at radius 3 is 1.32 bits per heavy atom. The van der Waals surface area contributed by atoms with Crippen LogP contribution in [-0.2, 0) is 36.2 Å². The maximum Gasteiger partial charge on any atom is 1.00 e. The smallest absolute Gasteiger partial charge is 0.369 e. The van der Waals surface area contributed by atoms with Gasteiger partial charge in [-0.15, -0.1) is 0 Å². The van der Waals surface area contributed by atoms with E-state index in [9.17, 15) is 35.5 Å². The molecule has 2 aliphatic rings. The molecule has 8 rings (SSSR count). The van der Waals surface area contributed by atoms with Gasteiger partial charge in [0.1, 0.15) is 0 Å². The molecule has 0 saturated carbocycles. The van der Waals surface area contributed by atoms with Crippen molar-refractivity contribution in [1.29, 1.82) is 0 Å². The Bertz CT molecular complexity index is 3210. The standard InChI is InChI=1S/C35H32N8O8S2.C15H17N3.Na/c1-20-17-28(52(46,47)48)13-15-30(20)42-34(44)32(22(3)40-42)38-36-26-9-5-24(6-10-26)19-25-7-11-27(12-8-25)37-39-33-23(4)41-43(35(33)45)31-16-14-29(18-21(31)2)53(49,50)51;1-11-3-7-13(8-4-11)17-15(16)18-14-9-5-12(2)6-10-14;/h5-18,32-33H,19H2,1-4H3,(H,46,47,48)(H,49,50,51);3-10H,1-2H3,(H3,16,17,18);/q;;+1. The quantitative estimate of drug-likeness (QED) is 0.0339. The number of hydrazone groups is 2. The number of hydrogen-bond donors (Lipinski definition) is 4. The molecule has 2 heterocycles. The molecule has 0 aliphatic carbocycles. The molecule has 2 unspecified atom stereocenters. The number of rotatable bonds is 12. The molecule has 2 atom stereocenters. The van der Waals surface area contributed by atoms with Crippen molar-refractivity contribution in [2.75, 3.05) is 15.3 Å². The minimum Gasteiger partial charge on any atom is -0.369 e. The summed E-state index contributed by atoms with van der Waals surface area (Å²) in [6.45, 7) is 10.6. The number of azo groups is 2. The van der Waals surface area contributed by atoms with Crippen LogP contribution in [0.4, 0.5) is 34.1 Å². The number of guanidine groups is 1. The second kappa shape index (κ2) is 23.0. The Hall–Kier alpha value is -7.11. The van der Waals surface area contributed by atoms with E-state index in [2.05, 4.69) is 41.0 Å². The number of carbonyl (C=O) groups is 2. The third kappa shape index (κ3) is 13.6. The van der Waals surface area contributed by atoms with E-state index in [1.54, 1.807) is 52.0 Å². The summed E-state index contributed by atoms with van der Waals surface area (Å²) in [6.07, 6.45) is 0.601. The molecule has 6 aromatic carbocycles. The minimum absolute atomic E-state index is 0. The van der Waals surface area contributed by atoms with Gasteiger partial charge < -0.3 is 11.1 Å². The van der Waals surface area contributed by atoms with Gasteiger partial charge in [-0.05, 0) is 155 Å². The SMILES string of the molecule is CC1=NN(c2ccc(S(=O)(=O)O)cc2C)C(=O)C1N=Nc1ccc(Cc2ccc(N=NC3C(=O)N(c4ccc(S(=O)(=O)O)cc4C)N=C3C)cc2)cc1.Cc1ccc(N=C(N)Nc2ccc(C)cc2)cc1.[Na+]. The molecule has 0 aromatic heterocycles. The molecule has 0 bridgehead atoms. The number of nitrogens with two attached hydrogens (primary N) is 1. The summed E-state index contributed by atoms with van der Waals surface area (Å²) in [5.74, 6) is -0.507. The van der Waals surface area contributed by atoms with Gasteiger partial charge >= 0.3 is 29.6 Å². The monoisotopic (exact) mass is 1020 g/mol. The first-order valence-electron chi connectivity index (χ1n) is 21.8. The number of amides is 2. The van der Waals surface area contributed by atoms with Gasteiger partial charge in [0, 0.05) is 5.69 Å². The van der Waals surface area contributed by atoms with Crippen LogP contribution in [0.3, 0.4) is 0 Å². The van der Waals surface area contributed by atoms with E-state index < -0.39 is 44.1 Å². The van der Waals surface area contributed by atoms with Crippen LogP contribution in [0.2, 0.25) is 0 Å². The molecular formula is C50H49N11NaO8S2+. The van der Waals surface area contributed by atoms with Crippen molar-refractivity contribution in [1.82, 2.24) is 0 Å². The van der Waals surface area contributed by atoms with Crippen LogP contribution in [0.15, 0.2) is 179 Å². The zero-order valence-corrected chi connectivity index (χ0v) is 44.0. The Kier molecular flexibility index (Phi) is 17.3. The first kappa shape index (κ1) is 54.2. The van der Waals surface area contributed by atoms with Crippen LogP contribution < -0.4 is 50.6 Å². The second-order valence-electron chi connectivity index (χ2n) is 16.7. The number of aryl methyl sites for hydroxylation is 4. The molecule has 72 heavy (non-hydrogen) atoms. The summed E-state index contributed by atoms with van der Waals surface area (Å²) in [6, 6.07) is 36.4. The van der Waals surface area contributed by atoms with Crippen molar-refractivity contribution < 1.29 is 65.1 Å². The van der Waals surface area contributed by atoms with Crippen molar-refractivity contribution in [3.05, 3.63) is 167 Å². The Morgan fingerprint density at radius 1 is 0.569 bits per heavy atom. The van der Waals surface area contributed by atoms with Crippen LogP contribution in [0.5, 0.6) is 0 Å². The Labute approximate surface area is 439 Å². The fraction of sp³-hybridized carbons (Fsp3) is 0.180. The molecule has 0 spiro atoms. The number of nitrogens with zero attached hydrogens (tertiary/aromatic N) is 9. The molecular weight excluding hydrogens is 970 g/mol. The van der Waals surface area contributed by atoms with Gasteiger partial charge in [-0.3, -0.25) is 18.7 Å². The van der Waals surface area contributed by atoms with Crippen LogP contribution in [0.25, 0.3) is 0 Å². The first-order valence-corrected chi connectivity index (χ1v) is 24.7. The van der Waals surface area contributed by atoms with Crippen molar-refractivity contribution in [3.63, 3.8) is 0 Å². The maximum absolute atomic E-state index is 13.1. The van der Waals surface area contributed by atoms with Gasteiger partial charge in [0.15, 0.2) is 18.0 Å².